The first-order valence-corrected chi connectivity index (χ1v) is 10.8. The van der Waals surface area contributed by atoms with E-state index in [2.05, 4.69) is 27.4 Å². The monoisotopic (exact) mass is 384 g/mol. The lowest BCUT2D eigenvalue weighted by atomic mass is 9.66. The molecule has 1 amide bonds. The van der Waals surface area contributed by atoms with E-state index in [4.69, 9.17) is 4.74 Å². The lowest BCUT2D eigenvalue weighted by Crippen LogP contribution is -2.54. The van der Waals surface area contributed by atoms with Crippen molar-refractivity contribution >= 4 is 17.2 Å². The Labute approximate surface area is 161 Å². The predicted octanol–water partition coefficient (Wildman–Crippen LogP) is 3.83. The molecule has 0 aromatic heterocycles. The molecule has 0 spiro atoms. The minimum atomic E-state index is -2.57. The molecule has 5 nitrogen and oxygen atoms in total. The first-order valence-electron chi connectivity index (χ1n) is 9.74. The summed E-state index contributed by atoms with van der Waals surface area (Å²) >= 11 is -2.57. The van der Waals surface area contributed by atoms with Crippen molar-refractivity contribution in [3.63, 3.8) is 0 Å². The van der Waals surface area contributed by atoms with E-state index in [-0.39, 0.29) is 28.9 Å². The normalized spacial score (nSPS) is 32.8. The first kappa shape index (κ1) is 21.6. The molecule has 2 aliphatic rings. The molecule has 150 valence electrons. The summed E-state index contributed by atoms with van der Waals surface area (Å²) < 4.78 is 30.9. The maximum absolute atomic E-state index is 13.2. The highest BCUT2D eigenvalue weighted by molar-refractivity contribution is 7.77. The minimum Gasteiger partial charge on any atom is -0.755 e. The van der Waals surface area contributed by atoms with Gasteiger partial charge >= 0.3 is 0 Å². The van der Waals surface area contributed by atoms with Crippen molar-refractivity contribution in [2.24, 2.45) is 22.7 Å². The van der Waals surface area contributed by atoms with Crippen LogP contribution in [0.1, 0.15) is 66.2 Å². The van der Waals surface area contributed by atoms with Gasteiger partial charge in [0.15, 0.2) is 0 Å². The van der Waals surface area contributed by atoms with Crippen molar-refractivity contribution in [2.45, 2.75) is 78.4 Å². The second-order valence-electron chi connectivity index (χ2n) is 8.53. The predicted molar refractivity (Wildman–Crippen MR) is 103 cm³/mol. The molecule has 26 heavy (non-hydrogen) atoms. The van der Waals surface area contributed by atoms with E-state index >= 15 is 0 Å². The van der Waals surface area contributed by atoms with Crippen molar-refractivity contribution < 1.29 is 18.3 Å². The van der Waals surface area contributed by atoms with Gasteiger partial charge < -0.3 is 9.29 Å². The largest absolute Gasteiger partial charge is 0.755 e. The number of fused-ring (bicyclic) bond motifs is 2. The van der Waals surface area contributed by atoms with Crippen LogP contribution < -0.4 is 0 Å². The Balaban J connectivity index is 2.30. The second kappa shape index (κ2) is 8.11. The Morgan fingerprint density at radius 1 is 1.50 bits per heavy atom. The van der Waals surface area contributed by atoms with Crippen LogP contribution in [0, 0.1) is 22.7 Å². The van der Waals surface area contributed by atoms with Crippen LogP contribution in [-0.2, 0) is 20.8 Å². The van der Waals surface area contributed by atoms with Gasteiger partial charge in [-0.1, -0.05) is 33.8 Å². The van der Waals surface area contributed by atoms with E-state index in [0.717, 1.165) is 36.4 Å². The van der Waals surface area contributed by atoms with Crippen molar-refractivity contribution in [3.05, 3.63) is 12.7 Å². The van der Waals surface area contributed by atoms with E-state index in [9.17, 15) is 13.6 Å². The van der Waals surface area contributed by atoms with Crippen molar-refractivity contribution in [1.29, 1.82) is 0 Å². The Hall–Kier alpha value is -0.720. The number of ether oxygens (including phenoxy) is 1. The SMILES string of the molecule is C=CCC[C@@H](OC)[C@@H](C)C(=O)N(C1CC2CCC1(CC)C2(C)C)S(=O)[O-]. The fourth-order valence-electron chi connectivity index (χ4n) is 5.76. The number of carbonyl (C=O) groups excluding carboxylic acids is 1. The summed E-state index contributed by atoms with van der Waals surface area (Å²) in [7, 11) is 1.57. The highest BCUT2D eigenvalue weighted by Crippen LogP contribution is 2.68. The molecule has 0 aromatic rings. The van der Waals surface area contributed by atoms with E-state index in [1.807, 2.05) is 0 Å². The summed E-state index contributed by atoms with van der Waals surface area (Å²) in [6.45, 7) is 12.1. The zero-order valence-electron chi connectivity index (χ0n) is 16.8. The molecule has 0 aromatic carbocycles. The average molecular weight is 385 g/mol. The molecule has 0 aliphatic heterocycles. The molecule has 4 unspecified atom stereocenters. The molecule has 0 heterocycles. The van der Waals surface area contributed by atoms with Gasteiger partial charge in [-0.15, -0.1) is 6.58 Å². The van der Waals surface area contributed by atoms with E-state index in [1.165, 1.54) is 0 Å². The van der Waals surface area contributed by atoms with Gasteiger partial charge in [0, 0.05) is 18.4 Å². The highest BCUT2D eigenvalue weighted by atomic mass is 32.2. The van der Waals surface area contributed by atoms with Crippen LogP contribution in [0.5, 0.6) is 0 Å². The minimum absolute atomic E-state index is 0.0526. The van der Waals surface area contributed by atoms with Crippen LogP contribution in [0.4, 0.5) is 0 Å². The number of hydrogen-bond donors (Lipinski definition) is 0. The number of allylic oxidation sites excluding steroid dienone is 1. The van der Waals surface area contributed by atoms with Gasteiger partial charge in [-0.2, -0.15) is 0 Å². The van der Waals surface area contributed by atoms with Gasteiger partial charge in [0.25, 0.3) is 0 Å². The smallest absolute Gasteiger partial charge is 0.239 e. The fourth-order valence-corrected chi connectivity index (χ4v) is 6.57. The molecule has 2 saturated carbocycles. The number of rotatable bonds is 9. The van der Waals surface area contributed by atoms with Crippen LogP contribution in [0.25, 0.3) is 0 Å². The van der Waals surface area contributed by atoms with E-state index in [0.29, 0.717) is 12.3 Å². The summed E-state index contributed by atoms with van der Waals surface area (Å²) in [6.07, 6.45) is 6.65. The maximum atomic E-state index is 13.2. The summed E-state index contributed by atoms with van der Waals surface area (Å²) in [5, 5.41) is 0. The van der Waals surface area contributed by atoms with Gasteiger partial charge in [0.05, 0.1) is 18.1 Å². The highest BCUT2D eigenvalue weighted by Gasteiger charge is 2.65. The maximum Gasteiger partial charge on any atom is 0.239 e. The number of amides is 1. The van der Waals surface area contributed by atoms with Crippen LogP contribution in [0.3, 0.4) is 0 Å². The van der Waals surface area contributed by atoms with Crippen molar-refractivity contribution in [2.75, 3.05) is 7.11 Å². The Morgan fingerprint density at radius 2 is 2.15 bits per heavy atom. The third-order valence-corrected chi connectivity index (χ3v) is 8.34. The van der Waals surface area contributed by atoms with Gasteiger partial charge in [0.2, 0.25) is 5.91 Å². The zero-order valence-corrected chi connectivity index (χ0v) is 17.6. The molecule has 2 aliphatic carbocycles. The molecule has 6 atom stereocenters. The molecule has 6 heteroatoms. The lowest BCUT2D eigenvalue weighted by molar-refractivity contribution is -0.138. The van der Waals surface area contributed by atoms with Crippen molar-refractivity contribution in [1.82, 2.24) is 4.31 Å². The summed E-state index contributed by atoms with van der Waals surface area (Å²) in [6, 6.07) is -0.244. The number of hydrogen-bond acceptors (Lipinski definition) is 4. The fraction of sp³-hybridized carbons (Fsp3) is 0.850. The summed E-state index contributed by atoms with van der Waals surface area (Å²) in [5.74, 6) is -0.370. The Bertz CT molecular complexity index is 564. The van der Waals surface area contributed by atoms with Crippen LogP contribution in [-0.4, -0.2) is 38.2 Å². The molecule has 0 saturated heterocycles. The number of methoxy groups -OCH3 is 1. The van der Waals surface area contributed by atoms with E-state index in [1.54, 1.807) is 20.1 Å². The molecule has 2 fully saturated rings. The van der Waals surface area contributed by atoms with Crippen LogP contribution >= 0.6 is 0 Å². The third kappa shape index (κ3) is 3.29. The summed E-state index contributed by atoms with van der Waals surface area (Å²) in [5.41, 5.74) is -0.0755. The Kier molecular flexibility index (Phi) is 6.73. The third-order valence-electron chi connectivity index (χ3n) is 7.59. The molecule has 2 bridgehead atoms. The van der Waals surface area contributed by atoms with E-state index < -0.39 is 17.2 Å². The van der Waals surface area contributed by atoms with Crippen molar-refractivity contribution in [3.8, 4) is 0 Å². The number of nitrogens with zero attached hydrogens (tertiary/aromatic N) is 1. The summed E-state index contributed by atoms with van der Waals surface area (Å²) in [4.78, 5) is 13.2. The second-order valence-corrected chi connectivity index (χ2v) is 9.36. The van der Waals surface area contributed by atoms with Crippen LogP contribution in [0.2, 0.25) is 0 Å². The van der Waals surface area contributed by atoms with Gasteiger partial charge in [-0.25, -0.2) is 0 Å². The Morgan fingerprint density at radius 3 is 2.62 bits per heavy atom. The number of carbonyl (C=O) groups is 1. The topological polar surface area (TPSA) is 69.7 Å². The zero-order chi connectivity index (χ0) is 19.7. The van der Waals surface area contributed by atoms with Gasteiger partial charge in [-0.3, -0.25) is 13.3 Å². The van der Waals surface area contributed by atoms with Crippen LogP contribution in [0.15, 0.2) is 12.7 Å². The molecular weight excluding hydrogens is 350 g/mol. The quantitative estimate of drug-likeness (QED) is 0.447. The molecule has 0 radical (unpaired) electrons. The first-order chi connectivity index (χ1) is 12.2. The standard InChI is InChI=1S/C20H35NO4S/c1-7-9-10-16(25-6)14(3)18(22)21(26(23)24)17-13-15-11-12-20(17,8-2)19(15,4)5/h7,14-17H,1,8-13H2,2-6H3,(H,23,24)/p-1/t14-,15?,16-,17?,20?/m1/s1. The lowest BCUT2D eigenvalue weighted by Gasteiger charge is -2.47. The molecule has 0 N–H and O–H groups in total. The van der Waals surface area contributed by atoms with Gasteiger partial charge in [0.1, 0.15) is 0 Å². The molecular formula is C20H34NO4S-. The average Bonchev–Trinajstić information content (AvgIpc) is 2.97. The molecule has 2 rings (SSSR count). The van der Waals surface area contributed by atoms with Gasteiger partial charge in [-0.05, 0) is 55.3 Å².